The number of anilines is 1. The van der Waals surface area contributed by atoms with Crippen LogP contribution in [0.4, 0.5) is 14.5 Å². The van der Waals surface area contributed by atoms with Gasteiger partial charge in [-0.3, -0.25) is 0 Å². The van der Waals surface area contributed by atoms with Gasteiger partial charge in [0.15, 0.2) is 5.82 Å². The summed E-state index contributed by atoms with van der Waals surface area (Å²) in [6.45, 7) is 6.11. The molecule has 0 saturated heterocycles. The van der Waals surface area contributed by atoms with Gasteiger partial charge in [-0.05, 0) is 35.8 Å². The van der Waals surface area contributed by atoms with Crippen LogP contribution in [0.5, 0.6) is 0 Å². The molecule has 0 aliphatic heterocycles. The third kappa shape index (κ3) is 2.48. The molecule has 0 fully saturated rings. The van der Waals surface area contributed by atoms with Crippen molar-refractivity contribution in [1.82, 2.24) is 20.2 Å². The minimum atomic E-state index is -0.789. The number of hydrogen-bond acceptors (Lipinski definition) is 4. The summed E-state index contributed by atoms with van der Waals surface area (Å²) >= 11 is 0. The Morgan fingerprint density at radius 3 is 2.29 bits per heavy atom. The first-order chi connectivity index (χ1) is 9.99. The van der Waals surface area contributed by atoms with Gasteiger partial charge in [0.05, 0.1) is 16.8 Å². The highest BCUT2D eigenvalue weighted by Gasteiger charge is 2.31. The molecule has 1 heterocycles. The first-order valence-corrected chi connectivity index (χ1v) is 7.02. The van der Waals surface area contributed by atoms with Gasteiger partial charge < -0.3 is 5.73 Å². The zero-order valence-corrected chi connectivity index (χ0v) is 12.4. The fourth-order valence-corrected chi connectivity index (χ4v) is 2.61. The predicted molar refractivity (Wildman–Crippen MR) is 76.4 cm³/mol. The summed E-state index contributed by atoms with van der Waals surface area (Å²) in [5.74, 6) is -1.25. The average Bonchev–Trinajstić information content (AvgIpc) is 2.95. The second-order valence-electron chi connectivity index (χ2n) is 5.05. The minimum Gasteiger partial charge on any atom is -0.396 e. The van der Waals surface area contributed by atoms with Crippen molar-refractivity contribution in [1.29, 1.82) is 0 Å². The summed E-state index contributed by atoms with van der Waals surface area (Å²) in [4.78, 5) is 0. The van der Waals surface area contributed by atoms with Crippen LogP contribution in [0.2, 0.25) is 0 Å². The number of halogens is 2. The van der Waals surface area contributed by atoms with Gasteiger partial charge in [0.2, 0.25) is 0 Å². The number of nitrogen functional groups attached to an aromatic ring is 1. The topological polar surface area (TPSA) is 69.6 Å². The van der Waals surface area contributed by atoms with Gasteiger partial charge in [-0.25, -0.2) is 13.5 Å². The number of aromatic nitrogens is 4. The second-order valence-corrected chi connectivity index (χ2v) is 5.05. The van der Waals surface area contributed by atoms with Crippen LogP contribution in [-0.2, 0) is 5.54 Å². The van der Waals surface area contributed by atoms with Crippen molar-refractivity contribution in [3.05, 3.63) is 23.8 Å². The molecule has 5 nitrogen and oxygen atoms in total. The highest BCUT2D eigenvalue weighted by molar-refractivity contribution is 5.62. The first kappa shape index (κ1) is 15.3. The molecule has 0 saturated carbocycles. The summed E-state index contributed by atoms with van der Waals surface area (Å²) in [5, 5.41) is 11.6. The molecule has 114 valence electrons. The fraction of sp³-hybridized carbons (Fsp3) is 0.500. The van der Waals surface area contributed by atoms with Crippen molar-refractivity contribution in [3.63, 3.8) is 0 Å². The highest BCUT2D eigenvalue weighted by Crippen LogP contribution is 2.33. The molecule has 0 atom stereocenters. The number of nitrogens with zero attached hydrogens (tertiary/aromatic N) is 4. The molecule has 2 N–H and O–H groups in total. The summed E-state index contributed by atoms with van der Waals surface area (Å²) in [6.07, 6.45) is 2.41. The van der Waals surface area contributed by atoms with E-state index in [2.05, 4.69) is 15.5 Å². The predicted octanol–water partition coefficient (Wildman–Crippen LogP) is 3.13. The Kier molecular flexibility index (Phi) is 4.20. The van der Waals surface area contributed by atoms with Gasteiger partial charge >= 0.3 is 0 Å². The van der Waals surface area contributed by atoms with Crippen molar-refractivity contribution >= 4 is 5.69 Å². The monoisotopic (exact) mass is 295 g/mol. The zero-order valence-electron chi connectivity index (χ0n) is 12.4. The molecule has 0 unspecified atom stereocenters. The van der Waals surface area contributed by atoms with Crippen LogP contribution >= 0.6 is 0 Å². The zero-order chi connectivity index (χ0) is 15.6. The lowest BCUT2D eigenvalue weighted by molar-refractivity contribution is 0.223. The standard InChI is InChI=1S/C14H19F2N5/c1-4-14(5-2,6-3)21-13(18-19-20-21)9-7-12(17)11(16)8-10(9)15/h7-8H,4-6,17H2,1-3H3. The molecule has 0 bridgehead atoms. The van der Waals surface area contributed by atoms with Crippen LogP contribution in [0.25, 0.3) is 11.4 Å². The molecule has 1 aromatic heterocycles. The largest absolute Gasteiger partial charge is 0.396 e. The molecule has 2 rings (SSSR count). The number of hydrogen-bond donors (Lipinski definition) is 1. The van der Waals surface area contributed by atoms with Gasteiger partial charge in [-0.15, -0.1) is 5.10 Å². The maximum absolute atomic E-state index is 14.1. The van der Waals surface area contributed by atoms with E-state index in [9.17, 15) is 8.78 Å². The maximum atomic E-state index is 14.1. The summed E-state index contributed by atoms with van der Waals surface area (Å²) in [7, 11) is 0. The first-order valence-electron chi connectivity index (χ1n) is 7.02. The third-order valence-corrected chi connectivity index (χ3v) is 4.22. The molecule has 0 aliphatic rings. The van der Waals surface area contributed by atoms with Gasteiger partial charge in [0.1, 0.15) is 11.6 Å². The molecule has 2 aromatic rings. The Labute approximate surface area is 122 Å². The minimum absolute atomic E-state index is 0.110. The third-order valence-electron chi connectivity index (χ3n) is 4.22. The van der Waals surface area contributed by atoms with E-state index in [-0.39, 0.29) is 22.6 Å². The smallest absolute Gasteiger partial charge is 0.185 e. The van der Waals surface area contributed by atoms with E-state index in [1.807, 2.05) is 20.8 Å². The van der Waals surface area contributed by atoms with Crippen LogP contribution < -0.4 is 5.73 Å². The number of nitrogens with two attached hydrogens (primary N) is 1. The highest BCUT2D eigenvalue weighted by atomic mass is 19.1. The van der Waals surface area contributed by atoms with Crippen LogP contribution in [0.3, 0.4) is 0 Å². The lowest BCUT2D eigenvalue weighted by Crippen LogP contribution is -2.33. The molecule has 0 radical (unpaired) electrons. The lowest BCUT2D eigenvalue weighted by Gasteiger charge is -2.31. The molecule has 1 aromatic carbocycles. The quantitative estimate of drug-likeness (QED) is 0.860. The summed E-state index contributed by atoms with van der Waals surface area (Å²) in [5.41, 5.74) is 5.22. The van der Waals surface area contributed by atoms with Crippen molar-refractivity contribution in [3.8, 4) is 11.4 Å². The molecule has 21 heavy (non-hydrogen) atoms. The van der Waals surface area contributed by atoms with Crippen molar-refractivity contribution in [2.75, 3.05) is 5.73 Å². The van der Waals surface area contributed by atoms with E-state index in [0.29, 0.717) is 0 Å². The molecule has 7 heteroatoms. The van der Waals surface area contributed by atoms with Crippen molar-refractivity contribution in [2.24, 2.45) is 0 Å². The number of benzene rings is 1. The van der Waals surface area contributed by atoms with Crippen LogP contribution in [0, 0.1) is 11.6 Å². The van der Waals surface area contributed by atoms with Gasteiger partial charge in [0, 0.05) is 6.07 Å². The van der Waals surface area contributed by atoms with E-state index >= 15 is 0 Å². The van der Waals surface area contributed by atoms with Crippen molar-refractivity contribution < 1.29 is 8.78 Å². The van der Waals surface area contributed by atoms with E-state index in [4.69, 9.17) is 5.73 Å². The van der Waals surface area contributed by atoms with Gasteiger partial charge in [0.25, 0.3) is 0 Å². The van der Waals surface area contributed by atoms with Crippen molar-refractivity contribution in [2.45, 2.75) is 45.6 Å². The van der Waals surface area contributed by atoms with Gasteiger partial charge in [-0.1, -0.05) is 20.8 Å². The maximum Gasteiger partial charge on any atom is 0.185 e. The van der Waals surface area contributed by atoms with Crippen LogP contribution in [0.1, 0.15) is 40.0 Å². The average molecular weight is 295 g/mol. The Bertz CT molecular complexity index is 626. The molecule has 0 amide bonds. The Morgan fingerprint density at radius 2 is 1.71 bits per heavy atom. The normalized spacial score (nSPS) is 11.9. The van der Waals surface area contributed by atoms with E-state index in [0.717, 1.165) is 25.3 Å². The van der Waals surface area contributed by atoms with Crippen LogP contribution in [0.15, 0.2) is 12.1 Å². The Morgan fingerprint density at radius 1 is 1.10 bits per heavy atom. The summed E-state index contributed by atoms with van der Waals surface area (Å²) in [6, 6.07) is 1.99. The Hall–Kier alpha value is -2.05. The number of rotatable bonds is 5. The molecular weight excluding hydrogens is 276 g/mol. The summed E-state index contributed by atoms with van der Waals surface area (Å²) < 4.78 is 29.0. The van der Waals surface area contributed by atoms with E-state index in [1.165, 1.54) is 6.07 Å². The van der Waals surface area contributed by atoms with E-state index in [1.54, 1.807) is 4.68 Å². The van der Waals surface area contributed by atoms with Gasteiger partial charge in [-0.2, -0.15) is 0 Å². The van der Waals surface area contributed by atoms with Crippen LogP contribution in [-0.4, -0.2) is 20.2 Å². The molecule has 0 aliphatic carbocycles. The Balaban J connectivity index is 2.63. The molecular formula is C14H19F2N5. The second kappa shape index (κ2) is 5.75. The number of tetrazole rings is 1. The SMILES string of the molecule is CCC(CC)(CC)n1nnnc1-c1cc(N)c(F)cc1F. The molecule has 0 spiro atoms. The van der Waals surface area contributed by atoms with E-state index < -0.39 is 11.6 Å². The lowest BCUT2D eigenvalue weighted by atomic mass is 9.89. The fourth-order valence-electron chi connectivity index (χ4n) is 2.61.